The van der Waals surface area contributed by atoms with Gasteiger partial charge in [0.1, 0.15) is 24.3 Å². The summed E-state index contributed by atoms with van der Waals surface area (Å²) in [4.78, 5) is 23.6. The molecule has 0 bridgehead atoms. The third-order valence-electron chi connectivity index (χ3n) is 2.76. The van der Waals surface area contributed by atoms with Crippen LogP contribution in [0.2, 0.25) is 5.02 Å². The molecule has 1 aromatic rings. The van der Waals surface area contributed by atoms with Gasteiger partial charge in [-0.05, 0) is 38.5 Å². The van der Waals surface area contributed by atoms with Crippen molar-refractivity contribution >= 4 is 35.3 Å². The third-order valence-corrected chi connectivity index (χ3v) is 4.32. The van der Waals surface area contributed by atoms with Gasteiger partial charge in [0.05, 0.1) is 5.02 Å². The molecule has 0 saturated heterocycles. The lowest BCUT2D eigenvalue weighted by Gasteiger charge is -2.13. The van der Waals surface area contributed by atoms with Gasteiger partial charge in [-0.25, -0.2) is 9.18 Å². The zero-order valence-corrected chi connectivity index (χ0v) is 14.7. The second kappa shape index (κ2) is 8.93. The zero-order valence-electron chi connectivity index (χ0n) is 13.2. The molecule has 0 heterocycles. The van der Waals surface area contributed by atoms with E-state index in [9.17, 15) is 14.0 Å². The fourth-order valence-electron chi connectivity index (χ4n) is 1.48. The molecule has 0 aliphatic rings. The van der Waals surface area contributed by atoms with E-state index in [0.29, 0.717) is 10.5 Å². The molecule has 0 spiro atoms. The van der Waals surface area contributed by atoms with E-state index in [4.69, 9.17) is 21.1 Å². The van der Waals surface area contributed by atoms with Gasteiger partial charge in [-0.15, -0.1) is 11.8 Å². The van der Waals surface area contributed by atoms with Crippen LogP contribution in [-0.2, 0) is 19.1 Å². The fourth-order valence-corrected chi connectivity index (χ4v) is 2.72. The molecule has 0 saturated carbocycles. The Morgan fingerprint density at radius 2 is 1.96 bits per heavy atom. The van der Waals surface area contributed by atoms with Gasteiger partial charge in [0.15, 0.2) is 0 Å². The molecule has 0 aliphatic heterocycles. The van der Waals surface area contributed by atoms with Crippen LogP contribution >= 0.6 is 23.4 Å². The summed E-state index contributed by atoms with van der Waals surface area (Å²) in [7, 11) is 0. The molecular weight excluding hydrogens is 343 g/mol. The Hall–Kier alpha value is -1.53. The van der Waals surface area contributed by atoms with Crippen LogP contribution in [0, 0.1) is 12.7 Å². The monoisotopic (exact) mass is 360 g/mol. The maximum Gasteiger partial charge on any atom is 0.333 e. The summed E-state index contributed by atoms with van der Waals surface area (Å²) in [6.45, 7) is 8.17. The Bertz CT molecular complexity index is 618. The molecule has 1 rings (SSSR count). The highest BCUT2D eigenvalue weighted by molar-refractivity contribution is 8.00. The predicted molar refractivity (Wildman–Crippen MR) is 88.2 cm³/mol. The lowest BCUT2D eigenvalue weighted by Crippen LogP contribution is -2.20. The molecule has 0 radical (unpaired) electrons. The summed E-state index contributed by atoms with van der Waals surface area (Å²) < 4.78 is 23.2. The first-order valence-electron chi connectivity index (χ1n) is 6.84. The standard InChI is InChI=1S/C16H18ClFO4S/c1-9(2)15(19)21-5-6-22-16(20)11(4)23-14-7-10(3)13(18)8-12(14)17/h7-8,11H,1,5-6H2,2-4H3. The summed E-state index contributed by atoms with van der Waals surface area (Å²) >= 11 is 7.14. The second-order valence-corrected chi connectivity index (χ2v) is 6.67. The molecule has 1 atom stereocenters. The number of esters is 2. The number of thioether (sulfide) groups is 1. The number of aryl methyl sites for hydroxylation is 1. The molecule has 1 unspecified atom stereocenters. The van der Waals surface area contributed by atoms with Gasteiger partial charge in [-0.3, -0.25) is 4.79 Å². The van der Waals surface area contributed by atoms with Crippen molar-refractivity contribution in [1.82, 2.24) is 0 Å². The Morgan fingerprint density at radius 3 is 2.57 bits per heavy atom. The van der Waals surface area contributed by atoms with Gasteiger partial charge in [0, 0.05) is 10.5 Å². The van der Waals surface area contributed by atoms with Gasteiger partial charge in [0.2, 0.25) is 0 Å². The number of ether oxygens (including phenoxy) is 2. The molecule has 23 heavy (non-hydrogen) atoms. The highest BCUT2D eigenvalue weighted by Crippen LogP contribution is 2.32. The van der Waals surface area contributed by atoms with E-state index in [1.54, 1.807) is 19.9 Å². The number of carbonyl (C=O) groups excluding carboxylic acids is 2. The molecule has 0 N–H and O–H groups in total. The molecule has 0 aliphatic carbocycles. The minimum absolute atomic E-state index is 0.0365. The summed E-state index contributed by atoms with van der Waals surface area (Å²) in [6, 6.07) is 2.80. The Kier molecular flexibility index (Phi) is 7.58. The first-order valence-corrected chi connectivity index (χ1v) is 8.09. The lowest BCUT2D eigenvalue weighted by atomic mass is 10.2. The normalized spacial score (nSPS) is 11.7. The van der Waals surface area contributed by atoms with Crippen molar-refractivity contribution in [3.05, 3.63) is 40.7 Å². The molecule has 7 heteroatoms. The maximum atomic E-state index is 13.4. The van der Waals surface area contributed by atoms with E-state index < -0.39 is 23.0 Å². The molecule has 0 amide bonds. The van der Waals surface area contributed by atoms with Crippen LogP contribution in [0.1, 0.15) is 19.4 Å². The average molecular weight is 361 g/mol. The van der Waals surface area contributed by atoms with Crippen molar-refractivity contribution in [3.8, 4) is 0 Å². The van der Waals surface area contributed by atoms with E-state index in [1.165, 1.54) is 24.8 Å². The minimum atomic E-state index is -0.533. The summed E-state index contributed by atoms with van der Waals surface area (Å²) in [6.07, 6.45) is 0. The van der Waals surface area contributed by atoms with Crippen LogP contribution in [0.25, 0.3) is 0 Å². The number of hydrogen-bond acceptors (Lipinski definition) is 5. The van der Waals surface area contributed by atoms with E-state index in [-0.39, 0.29) is 23.8 Å². The van der Waals surface area contributed by atoms with Crippen LogP contribution in [0.3, 0.4) is 0 Å². The smallest absolute Gasteiger partial charge is 0.333 e. The SMILES string of the molecule is C=C(C)C(=O)OCCOC(=O)C(C)Sc1cc(C)c(F)cc1Cl. The molecule has 0 aromatic heterocycles. The first kappa shape index (κ1) is 19.5. The first-order chi connectivity index (χ1) is 10.7. The maximum absolute atomic E-state index is 13.4. The quantitative estimate of drug-likeness (QED) is 0.319. The van der Waals surface area contributed by atoms with Gasteiger partial charge in [0.25, 0.3) is 0 Å². The average Bonchev–Trinajstić information content (AvgIpc) is 2.48. The molecule has 1 aromatic carbocycles. The number of carbonyl (C=O) groups is 2. The Labute approximate surface area is 144 Å². The Balaban J connectivity index is 2.47. The Morgan fingerprint density at radius 1 is 1.35 bits per heavy atom. The van der Waals surface area contributed by atoms with E-state index in [1.807, 2.05) is 0 Å². The summed E-state index contributed by atoms with van der Waals surface area (Å²) in [5.41, 5.74) is 0.728. The van der Waals surface area contributed by atoms with Crippen molar-refractivity contribution in [1.29, 1.82) is 0 Å². The van der Waals surface area contributed by atoms with Crippen LogP contribution in [0.4, 0.5) is 4.39 Å². The van der Waals surface area contributed by atoms with Gasteiger partial charge < -0.3 is 9.47 Å². The van der Waals surface area contributed by atoms with Crippen molar-refractivity contribution < 1.29 is 23.5 Å². The van der Waals surface area contributed by atoms with Crippen molar-refractivity contribution in [2.24, 2.45) is 0 Å². The zero-order chi connectivity index (χ0) is 17.6. The highest BCUT2D eigenvalue weighted by atomic mass is 35.5. The predicted octanol–water partition coefficient (Wildman–Crippen LogP) is 3.93. The van der Waals surface area contributed by atoms with Crippen molar-refractivity contribution in [2.45, 2.75) is 30.9 Å². The van der Waals surface area contributed by atoms with Gasteiger partial charge in [-0.1, -0.05) is 18.2 Å². The van der Waals surface area contributed by atoms with Crippen LogP contribution in [0.15, 0.2) is 29.2 Å². The van der Waals surface area contributed by atoms with Crippen molar-refractivity contribution in [3.63, 3.8) is 0 Å². The molecular formula is C16H18ClFO4S. The topological polar surface area (TPSA) is 52.6 Å². The summed E-state index contributed by atoms with van der Waals surface area (Å²) in [5.74, 6) is -1.40. The molecule has 4 nitrogen and oxygen atoms in total. The number of rotatable bonds is 7. The lowest BCUT2D eigenvalue weighted by molar-refractivity contribution is -0.149. The second-order valence-electron chi connectivity index (χ2n) is 4.88. The third kappa shape index (κ3) is 6.23. The van der Waals surface area contributed by atoms with Crippen molar-refractivity contribution in [2.75, 3.05) is 13.2 Å². The molecule has 0 fully saturated rings. The number of benzene rings is 1. The highest BCUT2D eigenvalue weighted by Gasteiger charge is 2.18. The van der Waals surface area contributed by atoms with Crippen LogP contribution in [0.5, 0.6) is 0 Å². The van der Waals surface area contributed by atoms with Gasteiger partial charge >= 0.3 is 11.9 Å². The van der Waals surface area contributed by atoms with E-state index in [0.717, 1.165) is 0 Å². The molecule has 126 valence electrons. The fraction of sp³-hybridized carbons (Fsp3) is 0.375. The van der Waals surface area contributed by atoms with E-state index in [2.05, 4.69) is 6.58 Å². The van der Waals surface area contributed by atoms with Crippen LogP contribution < -0.4 is 0 Å². The number of hydrogen-bond donors (Lipinski definition) is 0. The van der Waals surface area contributed by atoms with Crippen LogP contribution in [-0.4, -0.2) is 30.4 Å². The number of halogens is 2. The summed E-state index contributed by atoms with van der Waals surface area (Å²) in [5, 5.41) is -0.289. The van der Waals surface area contributed by atoms with E-state index >= 15 is 0 Å². The largest absolute Gasteiger partial charge is 0.461 e. The van der Waals surface area contributed by atoms with Gasteiger partial charge in [-0.2, -0.15) is 0 Å². The minimum Gasteiger partial charge on any atom is -0.461 e.